The van der Waals surface area contributed by atoms with Crippen LogP contribution in [0.1, 0.15) is 37.3 Å². The number of fused-ring (bicyclic) bond motifs is 1. The SMILES string of the molecule is CCOC(=O)CCc1cc2c(CCO)coc2c(OC)c1O[C@H]1O[C@H](CO)[C@@H](O)[C@H](O)[C@]1(O)CCCO. The Bertz CT molecular complexity index is 1040. The summed E-state index contributed by atoms with van der Waals surface area (Å²) in [4.78, 5) is 12.1. The summed E-state index contributed by atoms with van der Waals surface area (Å²) in [5.74, 6) is -0.269. The molecule has 5 atom stereocenters. The molecule has 2 aromatic rings. The maximum Gasteiger partial charge on any atom is 0.306 e. The van der Waals surface area contributed by atoms with Crippen molar-refractivity contribution in [2.45, 2.75) is 69.2 Å². The summed E-state index contributed by atoms with van der Waals surface area (Å²) < 4.78 is 28.1. The fourth-order valence-corrected chi connectivity index (χ4v) is 4.52. The number of aliphatic hydroxyl groups is 6. The van der Waals surface area contributed by atoms with Crippen LogP contribution in [0.15, 0.2) is 16.7 Å². The average Bonchev–Trinajstić information content (AvgIpc) is 3.29. The number of aliphatic hydroxyl groups excluding tert-OH is 5. The molecular weight excluding hydrogens is 492 g/mol. The van der Waals surface area contributed by atoms with Crippen LogP contribution in [-0.2, 0) is 27.1 Å². The van der Waals surface area contributed by atoms with E-state index in [-0.39, 0.29) is 62.6 Å². The van der Waals surface area contributed by atoms with Gasteiger partial charge in [-0.25, -0.2) is 0 Å². The molecule has 2 heterocycles. The van der Waals surface area contributed by atoms with Crippen molar-refractivity contribution in [3.8, 4) is 11.5 Å². The van der Waals surface area contributed by atoms with Crippen LogP contribution in [0.25, 0.3) is 11.0 Å². The van der Waals surface area contributed by atoms with Crippen molar-refractivity contribution in [2.75, 3.05) is 33.5 Å². The van der Waals surface area contributed by atoms with Gasteiger partial charge in [0.05, 0.1) is 26.6 Å². The van der Waals surface area contributed by atoms with Gasteiger partial charge in [0.25, 0.3) is 0 Å². The molecule has 1 aromatic carbocycles. The second-order valence-electron chi connectivity index (χ2n) is 8.88. The molecule has 208 valence electrons. The highest BCUT2D eigenvalue weighted by Crippen LogP contribution is 2.44. The zero-order valence-electron chi connectivity index (χ0n) is 21.0. The van der Waals surface area contributed by atoms with Crippen LogP contribution in [0, 0.1) is 0 Å². The summed E-state index contributed by atoms with van der Waals surface area (Å²) in [5.41, 5.74) is -0.716. The lowest BCUT2D eigenvalue weighted by Gasteiger charge is -2.47. The molecule has 0 aliphatic carbocycles. The van der Waals surface area contributed by atoms with E-state index in [4.69, 9.17) is 23.4 Å². The van der Waals surface area contributed by atoms with Gasteiger partial charge in [-0.1, -0.05) is 0 Å². The lowest BCUT2D eigenvalue weighted by molar-refractivity contribution is -0.322. The number of furan rings is 1. The molecule has 0 saturated carbocycles. The predicted molar refractivity (Wildman–Crippen MR) is 128 cm³/mol. The van der Waals surface area contributed by atoms with Gasteiger partial charge in [-0.15, -0.1) is 0 Å². The van der Waals surface area contributed by atoms with Crippen molar-refractivity contribution in [3.05, 3.63) is 23.5 Å². The van der Waals surface area contributed by atoms with E-state index in [2.05, 4.69) is 0 Å². The lowest BCUT2D eigenvalue weighted by atomic mass is 9.83. The summed E-state index contributed by atoms with van der Waals surface area (Å²) in [6.07, 6.45) is -4.49. The molecule has 1 fully saturated rings. The van der Waals surface area contributed by atoms with Crippen molar-refractivity contribution in [2.24, 2.45) is 0 Å². The first kappa shape index (κ1) is 29.1. The minimum Gasteiger partial charge on any atom is -0.490 e. The summed E-state index contributed by atoms with van der Waals surface area (Å²) in [6, 6.07) is 1.71. The zero-order chi connectivity index (χ0) is 27.2. The van der Waals surface area contributed by atoms with Crippen molar-refractivity contribution in [3.63, 3.8) is 0 Å². The average molecular weight is 529 g/mol. The van der Waals surface area contributed by atoms with Crippen LogP contribution >= 0.6 is 0 Å². The van der Waals surface area contributed by atoms with Crippen molar-refractivity contribution in [1.82, 2.24) is 0 Å². The van der Waals surface area contributed by atoms with E-state index in [9.17, 15) is 35.4 Å². The van der Waals surface area contributed by atoms with Gasteiger partial charge in [-0.3, -0.25) is 4.79 Å². The highest BCUT2D eigenvalue weighted by Gasteiger charge is 2.56. The molecule has 37 heavy (non-hydrogen) atoms. The predicted octanol–water partition coefficient (Wildman–Crippen LogP) is -0.207. The van der Waals surface area contributed by atoms with E-state index < -0.39 is 42.8 Å². The van der Waals surface area contributed by atoms with E-state index in [0.717, 1.165) is 0 Å². The molecule has 1 saturated heterocycles. The molecule has 0 bridgehead atoms. The highest BCUT2D eigenvalue weighted by molar-refractivity contribution is 5.90. The van der Waals surface area contributed by atoms with Crippen LogP contribution < -0.4 is 9.47 Å². The van der Waals surface area contributed by atoms with Crippen LogP contribution in [0.2, 0.25) is 0 Å². The molecule has 12 heteroatoms. The van der Waals surface area contributed by atoms with Gasteiger partial charge in [0.15, 0.2) is 16.9 Å². The Labute approximate surface area is 213 Å². The smallest absolute Gasteiger partial charge is 0.306 e. The Hall–Kier alpha value is -2.45. The molecule has 0 radical (unpaired) electrons. The Morgan fingerprint density at radius 3 is 2.49 bits per heavy atom. The molecule has 0 unspecified atom stereocenters. The number of benzene rings is 1. The van der Waals surface area contributed by atoms with Gasteiger partial charge in [-0.2, -0.15) is 0 Å². The summed E-state index contributed by atoms with van der Waals surface area (Å²) in [7, 11) is 1.37. The Kier molecular flexibility index (Phi) is 10.1. The molecule has 1 aliphatic heterocycles. The fraction of sp³-hybridized carbons (Fsp3) is 0.640. The van der Waals surface area contributed by atoms with Gasteiger partial charge in [0.2, 0.25) is 12.0 Å². The number of ether oxygens (including phenoxy) is 4. The van der Waals surface area contributed by atoms with Gasteiger partial charge in [0, 0.05) is 30.6 Å². The number of aryl methyl sites for hydroxylation is 1. The van der Waals surface area contributed by atoms with Crippen LogP contribution in [0.4, 0.5) is 0 Å². The fourth-order valence-electron chi connectivity index (χ4n) is 4.52. The van der Waals surface area contributed by atoms with Crippen LogP contribution in [-0.4, -0.2) is 100 Å². The van der Waals surface area contributed by atoms with Gasteiger partial charge < -0.3 is 54.0 Å². The number of methoxy groups -OCH3 is 1. The van der Waals surface area contributed by atoms with Gasteiger partial charge in [0.1, 0.15) is 18.3 Å². The van der Waals surface area contributed by atoms with Gasteiger partial charge in [-0.05, 0) is 44.2 Å². The molecule has 1 aliphatic rings. The number of esters is 1. The number of carbonyl (C=O) groups is 1. The normalized spacial score (nSPS) is 25.8. The van der Waals surface area contributed by atoms with E-state index >= 15 is 0 Å². The Morgan fingerprint density at radius 2 is 1.86 bits per heavy atom. The monoisotopic (exact) mass is 528 g/mol. The minimum atomic E-state index is -2.17. The lowest BCUT2D eigenvalue weighted by Crippen LogP contribution is -2.68. The van der Waals surface area contributed by atoms with Crippen LogP contribution in [0.5, 0.6) is 11.5 Å². The summed E-state index contributed by atoms with van der Waals surface area (Å²) in [5, 5.41) is 61.6. The van der Waals surface area contributed by atoms with Gasteiger partial charge >= 0.3 is 5.97 Å². The van der Waals surface area contributed by atoms with Crippen molar-refractivity contribution < 1.29 is 58.8 Å². The molecule has 6 N–H and O–H groups in total. The summed E-state index contributed by atoms with van der Waals surface area (Å²) >= 11 is 0. The Balaban J connectivity index is 2.11. The van der Waals surface area contributed by atoms with E-state index in [0.29, 0.717) is 22.9 Å². The third kappa shape index (κ3) is 6.01. The first-order valence-corrected chi connectivity index (χ1v) is 12.2. The minimum absolute atomic E-state index is 0.00699. The topological polar surface area (TPSA) is 189 Å². The van der Waals surface area contributed by atoms with E-state index in [1.807, 2.05) is 0 Å². The molecule has 0 amide bonds. The molecule has 12 nitrogen and oxygen atoms in total. The Morgan fingerprint density at radius 1 is 1.11 bits per heavy atom. The zero-order valence-corrected chi connectivity index (χ0v) is 21.0. The molecule has 1 aromatic heterocycles. The van der Waals surface area contributed by atoms with Crippen molar-refractivity contribution in [1.29, 1.82) is 0 Å². The maximum atomic E-state index is 12.1. The maximum absolute atomic E-state index is 12.1. The first-order valence-electron chi connectivity index (χ1n) is 12.2. The second-order valence-corrected chi connectivity index (χ2v) is 8.88. The molecule has 0 spiro atoms. The summed E-state index contributed by atoms with van der Waals surface area (Å²) in [6.45, 7) is 0.816. The third-order valence-corrected chi connectivity index (χ3v) is 6.48. The number of hydrogen-bond acceptors (Lipinski definition) is 12. The molecule has 3 rings (SSSR count). The first-order chi connectivity index (χ1) is 17.7. The van der Waals surface area contributed by atoms with Crippen molar-refractivity contribution >= 4 is 16.9 Å². The van der Waals surface area contributed by atoms with E-state index in [1.54, 1.807) is 13.0 Å². The highest BCUT2D eigenvalue weighted by atomic mass is 16.7. The third-order valence-electron chi connectivity index (χ3n) is 6.48. The molecular formula is C25H36O12. The van der Waals surface area contributed by atoms with Crippen LogP contribution in [0.3, 0.4) is 0 Å². The number of rotatable bonds is 13. The standard InChI is InChI=1S/C25H36O12/c1-3-34-18(29)6-5-14-11-16-15(7-10-27)13-35-21(16)22(33-2)20(14)37-24-25(32,8-4-9-26)23(31)19(30)17(12-28)36-24/h11,13,17,19,23-24,26-28,30-32H,3-10,12H2,1-2H3/t17-,19-,23+,24-,25-/m1/s1. The quantitative estimate of drug-likeness (QED) is 0.188. The number of carbonyl (C=O) groups excluding carboxylic acids is 1. The largest absolute Gasteiger partial charge is 0.490 e. The second kappa shape index (κ2) is 12.9. The number of hydrogen-bond donors (Lipinski definition) is 6. The van der Waals surface area contributed by atoms with E-state index in [1.165, 1.54) is 13.4 Å².